The van der Waals surface area contributed by atoms with Crippen molar-refractivity contribution in [1.29, 1.82) is 0 Å². The minimum Gasteiger partial charge on any atom is -0.368 e. The molecule has 1 saturated heterocycles. The van der Waals surface area contributed by atoms with Crippen LogP contribution in [0.15, 0.2) is 134 Å². The first-order chi connectivity index (χ1) is 19.8. The van der Waals surface area contributed by atoms with Crippen molar-refractivity contribution < 1.29 is 18.9 Å². The SMILES string of the molecule is C=C[C@H]1OC(NCc2ccccc2)[C@H](OCc2ccccc2)[C@@H](OCc2ccccc2)[C@@H]1OCc1ccccc1. The molecule has 206 valence electrons. The second kappa shape index (κ2) is 14.7. The lowest BCUT2D eigenvalue weighted by Gasteiger charge is -2.45. The van der Waals surface area contributed by atoms with Crippen molar-refractivity contribution in [2.45, 2.75) is 57.0 Å². The Morgan fingerprint density at radius 3 is 1.40 bits per heavy atom. The largest absolute Gasteiger partial charge is 0.368 e. The van der Waals surface area contributed by atoms with Gasteiger partial charge in [-0.25, -0.2) is 0 Å². The Morgan fingerprint density at radius 1 is 0.550 bits per heavy atom. The molecule has 1 N–H and O–H groups in total. The van der Waals surface area contributed by atoms with Crippen LogP contribution < -0.4 is 5.32 Å². The molecule has 5 rings (SSSR count). The van der Waals surface area contributed by atoms with E-state index < -0.39 is 30.6 Å². The second-order valence-corrected chi connectivity index (χ2v) is 9.91. The summed E-state index contributed by atoms with van der Waals surface area (Å²) in [6.45, 7) is 5.99. The summed E-state index contributed by atoms with van der Waals surface area (Å²) in [5.74, 6) is 0. The minimum atomic E-state index is -0.440. The van der Waals surface area contributed by atoms with E-state index in [1.807, 2.05) is 72.8 Å². The van der Waals surface area contributed by atoms with Crippen LogP contribution in [0.25, 0.3) is 0 Å². The smallest absolute Gasteiger partial charge is 0.138 e. The van der Waals surface area contributed by atoms with E-state index in [1.165, 1.54) is 0 Å². The van der Waals surface area contributed by atoms with Crippen LogP contribution in [0.4, 0.5) is 0 Å². The molecule has 0 bridgehead atoms. The lowest BCUT2D eigenvalue weighted by Crippen LogP contribution is -2.63. The molecular formula is C35H37NO4. The monoisotopic (exact) mass is 535 g/mol. The Balaban J connectivity index is 1.41. The predicted molar refractivity (Wildman–Crippen MR) is 157 cm³/mol. The molecule has 40 heavy (non-hydrogen) atoms. The predicted octanol–water partition coefficient (Wildman–Crippen LogP) is 6.44. The molecule has 1 unspecified atom stereocenters. The average Bonchev–Trinajstić information content (AvgIpc) is 3.03. The van der Waals surface area contributed by atoms with Gasteiger partial charge in [-0.1, -0.05) is 127 Å². The van der Waals surface area contributed by atoms with Crippen molar-refractivity contribution in [3.8, 4) is 0 Å². The van der Waals surface area contributed by atoms with Gasteiger partial charge in [0.15, 0.2) is 0 Å². The highest BCUT2D eigenvalue weighted by atomic mass is 16.6. The number of ether oxygens (including phenoxy) is 4. The molecule has 0 aromatic heterocycles. The normalized spacial score (nSPS) is 22.6. The van der Waals surface area contributed by atoms with Crippen molar-refractivity contribution in [2.24, 2.45) is 0 Å². The molecule has 5 heteroatoms. The molecule has 0 saturated carbocycles. The van der Waals surface area contributed by atoms with Gasteiger partial charge in [0.05, 0.1) is 19.8 Å². The van der Waals surface area contributed by atoms with Crippen LogP contribution in [-0.2, 0) is 45.3 Å². The van der Waals surface area contributed by atoms with Gasteiger partial charge in [0, 0.05) is 6.54 Å². The van der Waals surface area contributed by atoms with E-state index in [1.54, 1.807) is 6.08 Å². The number of hydrogen-bond acceptors (Lipinski definition) is 5. The van der Waals surface area contributed by atoms with E-state index in [4.69, 9.17) is 18.9 Å². The number of hydrogen-bond donors (Lipinski definition) is 1. The van der Waals surface area contributed by atoms with Crippen molar-refractivity contribution in [3.63, 3.8) is 0 Å². The first-order valence-electron chi connectivity index (χ1n) is 13.8. The Kier molecular flexibility index (Phi) is 10.3. The Hall–Kier alpha value is -3.58. The summed E-state index contributed by atoms with van der Waals surface area (Å²) < 4.78 is 26.4. The van der Waals surface area contributed by atoms with E-state index in [0.717, 1.165) is 22.3 Å². The fourth-order valence-corrected chi connectivity index (χ4v) is 4.90. The third kappa shape index (κ3) is 7.75. The first-order valence-corrected chi connectivity index (χ1v) is 13.8. The van der Waals surface area contributed by atoms with Gasteiger partial charge in [-0.05, 0) is 22.3 Å². The summed E-state index contributed by atoms with van der Waals surface area (Å²) in [6.07, 6.45) is -0.308. The molecule has 0 spiro atoms. The zero-order chi connectivity index (χ0) is 27.4. The summed E-state index contributed by atoms with van der Waals surface area (Å²) in [7, 11) is 0. The van der Waals surface area contributed by atoms with E-state index in [9.17, 15) is 0 Å². The Bertz CT molecular complexity index is 1270. The molecule has 4 aromatic carbocycles. The average molecular weight is 536 g/mol. The Morgan fingerprint density at radius 2 is 0.950 bits per heavy atom. The lowest BCUT2D eigenvalue weighted by molar-refractivity contribution is -0.261. The van der Waals surface area contributed by atoms with Crippen LogP contribution in [0, 0.1) is 0 Å². The molecule has 4 aromatic rings. The van der Waals surface area contributed by atoms with Crippen LogP contribution in [0.5, 0.6) is 0 Å². The highest BCUT2D eigenvalue weighted by Crippen LogP contribution is 2.30. The maximum atomic E-state index is 6.67. The molecule has 0 aliphatic carbocycles. The zero-order valence-corrected chi connectivity index (χ0v) is 22.7. The fraction of sp³-hybridized carbons (Fsp3) is 0.257. The molecule has 0 radical (unpaired) electrons. The molecule has 0 amide bonds. The van der Waals surface area contributed by atoms with Gasteiger partial charge in [0.1, 0.15) is 30.6 Å². The van der Waals surface area contributed by atoms with Gasteiger partial charge >= 0.3 is 0 Å². The van der Waals surface area contributed by atoms with Crippen molar-refractivity contribution >= 4 is 0 Å². The molecular weight excluding hydrogens is 498 g/mol. The van der Waals surface area contributed by atoms with Crippen LogP contribution >= 0.6 is 0 Å². The van der Waals surface area contributed by atoms with Gasteiger partial charge in [-0.2, -0.15) is 0 Å². The van der Waals surface area contributed by atoms with Crippen molar-refractivity contribution in [1.82, 2.24) is 5.32 Å². The fourth-order valence-electron chi connectivity index (χ4n) is 4.90. The van der Waals surface area contributed by atoms with E-state index in [-0.39, 0.29) is 0 Å². The quantitative estimate of drug-likeness (QED) is 0.200. The topological polar surface area (TPSA) is 49.0 Å². The molecule has 1 aliphatic heterocycles. The van der Waals surface area contributed by atoms with Gasteiger partial charge in [-0.15, -0.1) is 6.58 Å². The summed E-state index contributed by atoms with van der Waals surface area (Å²) in [5.41, 5.74) is 4.41. The third-order valence-electron chi connectivity index (χ3n) is 7.01. The molecule has 1 fully saturated rings. The summed E-state index contributed by atoms with van der Waals surface area (Å²) in [4.78, 5) is 0. The van der Waals surface area contributed by atoms with Crippen LogP contribution in [0.3, 0.4) is 0 Å². The van der Waals surface area contributed by atoms with Crippen LogP contribution in [0.1, 0.15) is 22.3 Å². The maximum absolute atomic E-state index is 6.67. The molecule has 1 aliphatic rings. The van der Waals surface area contributed by atoms with Crippen LogP contribution in [0.2, 0.25) is 0 Å². The second-order valence-electron chi connectivity index (χ2n) is 9.91. The summed E-state index contributed by atoms with van der Waals surface area (Å²) in [6, 6.07) is 40.8. The summed E-state index contributed by atoms with van der Waals surface area (Å²) >= 11 is 0. The van der Waals surface area contributed by atoms with Crippen molar-refractivity contribution in [3.05, 3.63) is 156 Å². The number of rotatable bonds is 13. The standard InChI is InChI=1S/C35H37NO4/c1-2-31-32(37-24-28-17-9-4-10-18-28)33(38-25-29-19-11-5-12-20-29)34(39-26-30-21-13-6-14-22-30)35(40-31)36-23-27-15-7-3-8-16-27/h2-22,31-36H,1,23-26H2/t31-,32-,33+,34-,35?/m1/s1. The van der Waals surface area contributed by atoms with Crippen molar-refractivity contribution in [2.75, 3.05) is 0 Å². The zero-order valence-electron chi connectivity index (χ0n) is 22.7. The number of benzene rings is 4. The molecule has 1 heterocycles. The van der Waals surface area contributed by atoms with Gasteiger partial charge < -0.3 is 18.9 Å². The van der Waals surface area contributed by atoms with Crippen LogP contribution in [-0.4, -0.2) is 30.6 Å². The lowest BCUT2D eigenvalue weighted by atomic mass is 9.96. The van der Waals surface area contributed by atoms with Gasteiger partial charge in [-0.3, -0.25) is 5.32 Å². The number of nitrogens with one attached hydrogen (secondary N) is 1. The highest BCUT2D eigenvalue weighted by Gasteiger charge is 2.47. The third-order valence-corrected chi connectivity index (χ3v) is 7.01. The van der Waals surface area contributed by atoms with E-state index >= 15 is 0 Å². The molecule has 5 nitrogen and oxygen atoms in total. The highest BCUT2D eigenvalue weighted by molar-refractivity contribution is 5.17. The van der Waals surface area contributed by atoms with E-state index in [2.05, 4.69) is 60.4 Å². The van der Waals surface area contributed by atoms with E-state index in [0.29, 0.717) is 26.4 Å². The van der Waals surface area contributed by atoms with Gasteiger partial charge in [0.25, 0.3) is 0 Å². The van der Waals surface area contributed by atoms with Gasteiger partial charge in [0.2, 0.25) is 0 Å². The minimum absolute atomic E-state index is 0.394. The molecule has 5 atom stereocenters. The first kappa shape index (κ1) is 28.0. The Labute approximate surface area is 237 Å². The summed E-state index contributed by atoms with van der Waals surface area (Å²) in [5, 5.41) is 3.58. The maximum Gasteiger partial charge on any atom is 0.138 e.